The fourth-order valence-corrected chi connectivity index (χ4v) is 3.50. The number of fused-ring (bicyclic) bond motifs is 1. The Balaban J connectivity index is 2.02. The second-order valence-electron chi connectivity index (χ2n) is 6.04. The molecule has 1 nitrogen and oxygen atoms in total. The molecule has 2 aromatic carbocycles. The van der Waals surface area contributed by atoms with Crippen molar-refractivity contribution in [3.05, 3.63) is 63.9 Å². The highest BCUT2D eigenvalue weighted by Gasteiger charge is 2.39. The largest absolute Gasteiger partial charge is 0.374 e. The smallest absolute Gasteiger partial charge is 0.147 e. The van der Waals surface area contributed by atoms with Gasteiger partial charge in [0.05, 0.1) is 11.7 Å². The number of anilines is 1. The molecule has 0 bridgehead atoms. The Kier molecular flexibility index (Phi) is 3.33. The van der Waals surface area contributed by atoms with E-state index in [1.54, 1.807) is 6.07 Å². The monoisotopic (exact) mass is 333 g/mol. The maximum absolute atomic E-state index is 14.0. The average Bonchev–Trinajstić information content (AvgIpc) is 2.64. The lowest BCUT2D eigenvalue weighted by Crippen LogP contribution is -2.25. The molecule has 0 saturated carbocycles. The zero-order chi connectivity index (χ0) is 14.3. The van der Waals surface area contributed by atoms with Gasteiger partial charge in [0, 0.05) is 4.47 Å². The van der Waals surface area contributed by atoms with Crippen LogP contribution in [0, 0.1) is 11.2 Å². The minimum absolute atomic E-state index is 0.0609. The van der Waals surface area contributed by atoms with Crippen LogP contribution in [0.2, 0.25) is 0 Å². The fraction of sp³-hybridized carbons (Fsp3) is 0.294. The van der Waals surface area contributed by atoms with Crippen LogP contribution in [0.4, 0.5) is 10.1 Å². The van der Waals surface area contributed by atoms with Gasteiger partial charge in [-0.05, 0) is 51.0 Å². The highest BCUT2D eigenvalue weighted by atomic mass is 79.9. The second-order valence-corrected chi connectivity index (χ2v) is 6.89. The van der Waals surface area contributed by atoms with Gasteiger partial charge in [-0.1, -0.05) is 44.2 Å². The summed E-state index contributed by atoms with van der Waals surface area (Å²) in [7, 11) is 0. The highest BCUT2D eigenvalue weighted by Crippen LogP contribution is 2.47. The topological polar surface area (TPSA) is 12.0 Å². The van der Waals surface area contributed by atoms with Crippen molar-refractivity contribution in [3.63, 3.8) is 0 Å². The van der Waals surface area contributed by atoms with Crippen molar-refractivity contribution in [1.29, 1.82) is 0 Å². The second kappa shape index (κ2) is 4.88. The summed E-state index contributed by atoms with van der Waals surface area (Å²) in [5.74, 6) is -0.223. The van der Waals surface area contributed by atoms with Gasteiger partial charge in [0.15, 0.2) is 0 Å². The predicted molar refractivity (Wildman–Crippen MR) is 84.4 cm³/mol. The van der Waals surface area contributed by atoms with Crippen LogP contribution in [-0.4, -0.2) is 0 Å². The molecule has 0 aromatic heterocycles. The van der Waals surface area contributed by atoms with Gasteiger partial charge in [-0.15, -0.1) is 0 Å². The molecule has 3 heteroatoms. The molecule has 3 rings (SSSR count). The number of rotatable bonds is 2. The van der Waals surface area contributed by atoms with Gasteiger partial charge in [-0.3, -0.25) is 0 Å². The predicted octanol–water partition coefficient (Wildman–Crippen LogP) is 5.32. The van der Waals surface area contributed by atoms with Crippen LogP contribution in [0.1, 0.15) is 31.0 Å². The van der Waals surface area contributed by atoms with Crippen molar-refractivity contribution in [2.45, 2.75) is 26.3 Å². The Bertz CT molecular complexity index is 631. The lowest BCUT2D eigenvalue weighted by atomic mass is 9.85. The molecule has 20 heavy (non-hydrogen) atoms. The van der Waals surface area contributed by atoms with Crippen molar-refractivity contribution in [1.82, 2.24) is 0 Å². The minimum atomic E-state index is -0.223. The lowest BCUT2D eigenvalue weighted by Gasteiger charge is -2.30. The van der Waals surface area contributed by atoms with Crippen molar-refractivity contribution in [3.8, 4) is 0 Å². The first-order chi connectivity index (χ1) is 9.49. The summed E-state index contributed by atoms with van der Waals surface area (Å²) in [5, 5.41) is 3.40. The molecule has 0 spiro atoms. The summed E-state index contributed by atoms with van der Waals surface area (Å²) in [4.78, 5) is 0. The molecule has 0 aliphatic heterocycles. The first-order valence-electron chi connectivity index (χ1n) is 6.77. The van der Waals surface area contributed by atoms with Crippen LogP contribution in [-0.2, 0) is 6.42 Å². The summed E-state index contributed by atoms with van der Waals surface area (Å²) in [5.41, 5.74) is 3.23. The molecule has 1 aliphatic rings. The Labute approximate surface area is 127 Å². The van der Waals surface area contributed by atoms with Crippen molar-refractivity contribution in [2.75, 3.05) is 5.32 Å². The zero-order valence-electron chi connectivity index (χ0n) is 11.6. The molecule has 1 N–H and O–H groups in total. The van der Waals surface area contributed by atoms with Gasteiger partial charge in [0.1, 0.15) is 5.82 Å². The molecule has 1 aliphatic carbocycles. The molecule has 0 amide bonds. The number of para-hydroxylation sites is 1. The van der Waals surface area contributed by atoms with Crippen LogP contribution in [0.5, 0.6) is 0 Å². The molecule has 0 heterocycles. The molecule has 0 saturated heterocycles. The standard InChI is InChI=1S/C17H17BrFN/c1-17(2)10-11-6-3-4-7-12(11)16(17)20-15-13(18)8-5-9-14(15)19/h3-9,16,20H,10H2,1-2H3. The molecular weight excluding hydrogens is 317 g/mol. The van der Waals surface area contributed by atoms with E-state index < -0.39 is 0 Å². The van der Waals surface area contributed by atoms with Crippen LogP contribution < -0.4 is 5.32 Å². The maximum Gasteiger partial charge on any atom is 0.147 e. The van der Waals surface area contributed by atoms with Crippen molar-refractivity contribution in [2.24, 2.45) is 5.41 Å². The van der Waals surface area contributed by atoms with Crippen LogP contribution >= 0.6 is 15.9 Å². The summed E-state index contributed by atoms with van der Waals surface area (Å²) in [6, 6.07) is 13.6. The molecule has 0 radical (unpaired) electrons. The fourth-order valence-electron chi connectivity index (χ4n) is 3.04. The van der Waals surface area contributed by atoms with E-state index >= 15 is 0 Å². The van der Waals surface area contributed by atoms with E-state index in [-0.39, 0.29) is 17.3 Å². The van der Waals surface area contributed by atoms with E-state index in [4.69, 9.17) is 0 Å². The third kappa shape index (κ3) is 2.24. The summed E-state index contributed by atoms with van der Waals surface area (Å²) < 4.78 is 14.8. The molecule has 0 fully saturated rings. The Hall–Kier alpha value is -1.35. The summed E-state index contributed by atoms with van der Waals surface area (Å²) in [6.45, 7) is 4.44. The number of nitrogens with one attached hydrogen (secondary N) is 1. The molecule has 1 unspecified atom stereocenters. The van der Waals surface area contributed by atoms with Gasteiger partial charge in [-0.25, -0.2) is 4.39 Å². The van der Waals surface area contributed by atoms with Crippen LogP contribution in [0.15, 0.2) is 46.9 Å². The molecular formula is C17H17BrFN. The highest BCUT2D eigenvalue weighted by molar-refractivity contribution is 9.10. The maximum atomic E-state index is 14.0. The van der Waals surface area contributed by atoms with Gasteiger partial charge in [-0.2, -0.15) is 0 Å². The quantitative estimate of drug-likeness (QED) is 0.783. The Morgan fingerprint density at radius 1 is 1.15 bits per heavy atom. The molecule has 1 atom stereocenters. The van der Waals surface area contributed by atoms with E-state index in [0.29, 0.717) is 5.69 Å². The third-order valence-corrected chi connectivity index (χ3v) is 4.71. The summed E-state index contributed by atoms with van der Waals surface area (Å²) in [6.07, 6.45) is 1.01. The van der Waals surface area contributed by atoms with Gasteiger partial charge >= 0.3 is 0 Å². The molecule has 2 aromatic rings. The number of hydrogen-bond acceptors (Lipinski definition) is 1. The SMILES string of the molecule is CC1(C)Cc2ccccc2C1Nc1c(F)cccc1Br. The third-order valence-electron chi connectivity index (χ3n) is 4.05. The average molecular weight is 334 g/mol. The van der Waals surface area contributed by atoms with Crippen molar-refractivity contribution >= 4 is 21.6 Å². The number of hydrogen-bond donors (Lipinski definition) is 1. The van der Waals surface area contributed by atoms with E-state index in [1.165, 1.54) is 17.2 Å². The number of halogens is 2. The Morgan fingerprint density at radius 2 is 1.90 bits per heavy atom. The summed E-state index contributed by atoms with van der Waals surface area (Å²) >= 11 is 3.43. The van der Waals surface area contributed by atoms with E-state index in [2.05, 4.69) is 53.3 Å². The Morgan fingerprint density at radius 3 is 2.65 bits per heavy atom. The van der Waals surface area contributed by atoms with Gasteiger partial charge in [0.25, 0.3) is 0 Å². The van der Waals surface area contributed by atoms with E-state index in [0.717, 1.165) is 10.9 Å². The first-order valence-corrected chi connectivity index (χ1v) is 7.57. The normalized spacial score (nSPS) is 19.7. The lowest BCUT2D eigenvalue weighted by molar-refractivity contribution is 0.336. The van der Waals surface area contributed by atoms with Gasteiger partial charge in [0.2, 0.25) is 0 Å². The van der Waals surface area contributed by atoms with Crippen LogP contribution in [0.3, 0.4) is 0 Å². The minimum Gasteiger partial charge on any atom is -0.374 e. The number of benzene rings is 2. The van der Waals surface area contributed by atoms with E-state index in [9.17, 15) is 4.39 Å². The zero-order valence-corrected chi connectivity index (χ0v) is 13.2. The van der Waals surface area contributed by atoms with Crippen LogP contribution in [0.25, 0.3) is 0 Å². The van der Waals surface area contributed by atoms with E-state index in [1.807, 2.05) is 12.1 Å². The van der Waals surface area contributed by atoms with Crippen molar-refractivity contribution < 1.29 is 4.39 Å². The van der Waals surface area contributed by atoms with Gasteiger partial charge < -0.3 is 5.32 Å². The molecule has 104 valence electrons. The first kappa shape index (κ1) is 13.6.